The van der Waals surface area contributed by atoms with Gasteiger partial charge in [-0.15, -0.1) is 0 Å². The Kier molecular flexibility index (Phi) is 3.79. The Hall–Kier alpha value is -0.980. The molecule has 1 fully saturated rings. The van der Waals surface area contributed by atoms with Crippen LogP contribution in [0, 0.1) is 5.82 Å². The second-order valence-corrected chi connectivity index (χ2v) is 7.46. The highest BCUT2D eigenvalue weighted by atomic mass is 32.2. The summed E-state index contributed by atoms with van der Waals surface area (Å²) in [6.45, 7) is 1.47. The molecule has 0 aliphatic carbocycles. The van der Waals surface area contributed by atoms with Crippen LogP contribution in [0.15, 0.2) is 23.1 Å². The summed E-state index contributed by atoms with van der Waals surface area (Å²) in [7, 11) is -3.27. The normalized spacial score (nSPS) is 28.2. The maximum absolute atomic E-state index is 13.4. The van der Waals surface area contributed by atoms with Crippen LogP contribution in [-0.2, 0) is 14.6 Å². The summed E-state index contributed by atoms with van der Waals surface area (Å²) in [4.78, 5) is 0.259. The first-order valence-electron chi connectivity index (χ1n) is 6.93. The van der Waals surface area contributed by atoms with E-state index in [1.54, 1.807) is 0 Å². The molecule has 2 aliphatic rings. The summed E-state index contributed by atoms with van der Waals surface area (Å²) >= 11 is 0. The molecule has 1 N–H and O–H groups in total. The molecule has 1 aromatic rings. The van der Waals surface area contributed by atoms with Gasteiger partial charge in [-0.25, -0.2) is 12.8 Å². The van der Waals surface area contributed by atoms with Crippen molar-refractivity contribution in [2.24, 2.45) is 0 Å². The quantitative estimate of drug-likeness (QED) is 0.865. The van der Waals surface area contributed by atoms with E-state index in [1.807, 2.05) is 0 Å². The van der Waals surface area contributed by atoms with E-state index in [0.29, 0.717) is 18.5 Å². The predicted molar refractivity (Wildman–Crippen MR) is 72.8 cm³/mol. The number of halogens is 1. The third-order valence-corrected chi connectivity index (χ3v) is 5.79. The average molecular weight is 299 g/mol. The Labute approximate surface area is 118 Å². The molecule has 0 radical (unpaired) electrons. The van der Waals surface area contributed by atoms with Crippen molar-refractivity contribution in [2.75, 3.05) is 18.9 Å². The van der Waals surface area contributed by atoms with Crippen molar-refractivity contribution < 1.29 is 17.5 Å². The van der Waals surface area contributed by atoms with E-state index in [2.05, 4.69) is 5.32 Å². The molecule has 20 heavy (non-hydrogen) atoms. The highest BCUT2D eigenvalue weighted by Gasteiger charge is 2.31. The van der Waals surface area contributed by atoms with Crippen LogP contribution in [0.5, 0.6) is 0 Å². The smallest absolute Gasteiger partial charge is 0.178 e. The van der Waals surface area contributed by atoms with Crippen LogP contribution >= 0.6 is 0 Å². The molecule has 2 heterocycles. The molecule has 110 valence electrons. The van der Waals surface area contributed by atoms with Gasteiger partial charge in [-0.1, -0.05) is 0 Å². The summed E-state index contributed by atoms with van der Waals surface area (Å²) < 4.78 is 43.0. The molecule has 0 aromatic heterocycles. The van der Waals surface area contributed by atoms with Gasteiger partial charge < -0.3 is 10.1 Å². The fourth-order valence-corrected chi connectivity index (χ4v) is 4.51. The zero-order valence-electron chi connectivity index (χ0n) is 11.1. The topological polar surface area (TPSA) is 55.4 Å². The number of hydrogen-bond acceptors (Lipinski definition) is 4. The van der Waals surface area contributed by atoms with Gasteiger partial charge in [0.25, 0.3) is 0 Å². The van der Waals surface area contributed by atoms with Crippen LogP contribution in [-0.4, -0.2) is 33.4 Å². The molecular weight excluding hydrogens is 281 g/mol. The molecule has 0 amide bonds. The van der Waals surface area contributed by atoms with Crippen molar-refractivity contribution in [1.82, 2.24) is 5.32 Å². The molecule has 0 spiro atoms. The fraction of sp³-hybridized carbons (Fsp3) is 0.571. The highest BCUT2D eigenvalue weighted by molar-refractivity contribution is 7.91. The fourth-order valence-electron chi connectivity index (χ4n) is 2.90. The number of fused-ring (bicyclic) bond motifs is 1. The van der Waals surface area contributed by atoms with Gasteiger partial charge in [0.15, 0.2) is 9.84 Å². The van der Waals surface area contributed by atoms with E-state index in [4.69, 9.17) is 4.74 Å². The van der Waals surface area contributed by atoms with E-state index in [0.717, 1.165) is 19.4 Å². The van der Waals surface area contributed by atoms with Gasteiger partial charge in [-0.3, -0.25) is 0 Å². The molecule has 1 aromatic carbocycles. The Morgan fingerprint density at radius 2 is 2.20 bits per heavy atom. The van der Waals surface area contributed by atoms with E-state index in [-0.39, 0.29) is 22.8 Å². The maximum atomic E-state index is 13.4. The van der Waals surface area contributed by atoms with Gasteiger partial charge >= 0.3 is 0 Å². The SMILES string of the molecule is O=S1(=O)CCC(NCC2CCCO2)c2cc(F)ccc21. The monoisotopic (exact) mass is 299 g/mol. The molecular formula is C14H18FNO3S. The van der Waals surface area contributed by atoms with E-state index in [9.17, 15) is 12.8 Å². The van der Waals surface area contributed by atoms with E-state index in [1.165, 1.54) is 18.2 Å². The second-order valence-electron chi connectivity index (χ2n) is 5.39. The summed E-state index contributed by atoms with van der Waals surface area (Å²) in [5.41, 5.74) is 0.550. The lowest BCUT2D eigenvalue weighted by Gasteiger charge is -2.27. The Balaban J connectivity index is 1.81. The minimum atomic E-state index is -3.27. The van der Waals surface area contributed by atoms with Crippen LogP contribution in [0.25, 0.3) is 0 Å². The van der Waals surface area contributed by atoms with E-state index < -0.39 is 15.7 Å². The maximum Gasteiger partial charge on any atom is 0.178 e. The molecule has 4 nitrogen and oxygen atoms in total. The number of rotatable bonds is 3. The van der Waals surface area contributed by atoms with E-state index >= 15 is 0 Å². The minimum Gasteiger partial charge on any atom is -0.377 e. The summed E-state index contributed by atoms with van der Waals surface area (Å²) in [5, 5.41) is 3.33. The first-order chi connectivity index (χ1) is 9.56. The molecule has 2 unspecified atom stereocenters. The molecule has 2 aliphatic heterocycles. The lowest BCUT2D eigenvalue weighted by atomic mass is 10.0. The van der Waals surface area contributed by atoms with Gasteiger partial charge in [-0.05, 0) is 43.0 Å². The standard InChI is InChI=1S/C14H18FNO3S/c15-10-3-4-14-12(8-10)13(5-7-20(14,17)18)16-9-11-2-1-6-19-11/h3-4,8,11,13,16H,1-2,5-7,9H2. The van der Waals surface area contributed by atoms with Crippen LogP contribution < -0.4 is 5.32 Å². The number of hydrogen-bond donors (Lipinski definition) is 1. The zero-order valence-corrected chi connectivity index (χ0v) is 12.0. The summed E-state index contributed by atoms with van der Waals surface area (Å²) in [6.07, 6.45) is 2.75. The molecule has 1 saturated heterocycles. The first kappa shape index (κ1) is 14.0. The van der Waals surface area contributed by atoms with Gasteiger partial charge in [-0.2, -0.15) is 0 Å². The molecule has 0 bridgehead atoms. The minimum absolute atomic E-state index is 0.106. The summed E-state index contributed by atoms with van der Waals surface area (Å²) in [5.74, 6) is -0.292. The van der Waals surface area contributed by atoms with Gasteiger partial charge in [0, 0.05) is 19.2 Å². The average Bonchev–Trinajstić information content (AvgIpc) is 2.90. The predicted octanol–water partition coefficient (Wildman–Crippen LogP) is 1.81. The zero-order chi connectivity index (χ0) is 14.2. The van der Waals surface area contributed by atoms with Crippen LogP contribution in [0.4, 0.5) is 4.39 Å². The van der Waals surface area contributed by atoms with Gasteiger partial charge in [0.05, 0.1) is 16.8 Å². The Morgan fingerprint density at radius 3 is 2.95 bits per heavy atom. The number of benzene rings is 1. The third-order valence-electron chi connectivity index (χ3n) is 3.97. The van der Waals surface area contributed by atoms with Gasteiger partial charge in [0.2, 0.25) is 0 Å². The number of nitrogens with one attached hydrogen (secondary N) is 1. The van der Waals surface area contributed by atoms with Crippen molar-refractivity contribution in [3.8, 4) is 0 Å². The highest BCUT2D eigenvalue weighted by Crippen LogP contribution is 2.32. The lowest BCUT2D eigenvalue weighted by Crippen LogP contribution is -2.34. The van der Waals surface area contributed by atoms with Crippen molar-refractivity contribution in [3.63, 3.8) is 0 Å². The molecule has 3 rings (SSSR count). The Bertz CT molecular complexity index is 596. The van der Waals surface area contributed by atoms with Crippen LogP contribution in [0.1, 0.15) is 30.9 Å². The van der Waals surface area contributed by atoms with Crippen molar-refractivity contribution in [2.45, 2.75) is 36.3 Å². The number of sulfone groups is 1. The molecule has 6 heteroatoms. The second kappa shape index (κ2) is 5.42. The van der Waals surface area contributed by atoms with Crippen molar-refractivity contribution >= 4 is 9.84 Å². The Morgan fingerprint density at radius 1 is 1.35 bits per heavy atom. The molecule has 2 atom stereocenters. The third kappa shape index (κ3) is 2.73. The van der Waals surface area contributed by atoms with Crippen molar-refractivity contribution in [1.29, 1.82) is 0 Å². The summed E-state index contributed by atoms with van der Waals surface area (Å²) in [6, 6.07) is 3.80. The van der Waals surface area contributed by atoms with Crippen molar-refractivity contribution in [3.05, 3.63) is 29.6 Å². The first-order valence-corrected chi connectivity index (χ1v) is 8.59. The lowest BCUT2D eigenvalue weighted by molar-refractivity contribution is 0.107. The number of ether oxygens (including phenoxy) is 1. The van der Waals surface area contributed by atoms with Crippen LogP contribution in [0.3, 0.4) is 0 Å². The molecule has 0 saturated carbocycles. The van der Waals surface area contributed by atoms with Crippen LogP contribution in [0.2, 0.25) is 0 Å². The van der Waals surface area contributed by atoms with Gasteiger partial charge in [0.1, 0.15) is 5.82 Å². The largest absolute Gasteiger partial charge is 0.377 e.